The highest BCUT2D eigenvalue weighted by atomic mass is 16.5. The normalized spacial score (nSPS) is 18.7. The van der Waals surface area contributed by atoms with Crippen LogP contribution in [0.2, 0.25) is 0 Å². The van der Waals surface area contributed by atoms with Crippen molar-refractivity contribution in [1.82, 2.24) is 4.90 Å². The van der Waals surface area contributed by atoms with Crippen LogP contribution in [0.25, 0.3) is 0 Å². The van der Waals surface area contributed by atoms with Crippen molar-refractivity contribution in [1.29, 1.82) is 0 Å². The Kier molecular flexibility index (Phi) is 5.84. The molecular formula is C22H29NO3. The third kappa shape index (κ3) is 3.87. The van der Waals surface area contributed by atoms with E-state index in [2.05, 4.69) is 49.1 Å². The maximum absolute atomic E-state index is 10.8. The van der Waals surface area contributed by atoms with Gasteiger partial charge in [0.05, 0.1) is 20.3 Å². The van der Waals surface area contributed by atoms with Crippen LogP contribution in [0.3, 0.4) is 0 Å². The van der Waals surface area contributed by atoms with Crippen molar-refractivity contribution in [2.45, 2.75) is 38.8 Å². The summed E-state index contributed by atoms with van der Waals surface area (Å²) in [4.78, 5) is 2.38. The van der Waals surface area contributed by atoms with Crippen molar-refractivity contribution >= 4 is 0 Å². The summed E-state index contributed by atoms with van der Waals surface area (Å²) in [5, 5.41) is 10.8. The van der Waals surface area contributed by atoms with E-state index in [0.29, 0.717) is 12.6 Å². The Balaban J connectivity index is 1.79. The van der Waals surface area contributed by atoms with E-state index in [-0.39, 0.29) is 0 Å². The molecule has 4 nitrogen and oxygen atoms in total. The van der Waals surface area contributed by atoms with Crippen LogP contribution in [-0.4, -0.2) is 37.3 Å². The third-order valence-electron chi connectivity index (χ3n) is 5.36. The second-order valence-electron chi connectivity index (χ2n) is 7.14. The number of rotatable bonds is 6. The summed E-state index contributed by atoms with van der Waals surface area (Å²) >= 11 is 0. The Morgan fingerprint density at radius 3 is 2.58 bits per heavy atom. The number of nitrogens with zero attached hydrogens (tertiary/aromatic N) is 1. The minimum Gasteiger partial charge on any atom is -0.493 e. The van der Waals surface area contributed by atoms with Crippen molar-refractivity contribution in [2.24, 2.45) is 0 Å². The molecule has 0 saturated carbocycles. The molecule has 0 aromatic heterocycles. The zero-order valence-electron chi connectivity index (χ0n) is 16.2. The summed E-state index contributed by atoms with van der Waals surface area (Å²) in [7, 11) is 3.32. The quantitative estimate of drug-likeness (QED) is 0.844. The molecule has 0 spiro atoms. The zero-order chi connectivity index (χ0) is 18.7. The SMILES string of the molecule is COc1ccc([C@H]2CCCN2C[C@H](O)c2cc(C)ccc2C)cc1OC. The maximum Gasteiger partial charge on any atom is 0.161 e. The molecule has 1 aliphatic heterocycles. The topological polar surface area (TPSA) is 41.9 Å². The summed E-state index contributed by atoms with van der Waals surface area (Å²) in [5.74, 6) is 1.50. The predicted molar refractivity (Wildman–Crippen MR) is 104 cm³/mol. The monoisotopic (exact) mass is 355 g/mol. The first-order valence-electron chi connectivity index (χ1n) is 9.24. The molecule has 0 bridgehead atoms. The number of methoxy groups -OCH3 is 2. The van der Waals surface area contributed by atoms with Crippen LogP contribution in [0, 0.1) is 13.8 Å². The summed E-state index contributed by atoms with van der Waals surface area (Å²) in [5.41, 5.74) is 4.57. The van der Waals surface area contributed by atoms with Crippen LogP contribution >= 0.6 is 0 Å². The lowest BCUT2D eigenvalue weighted by atomic mass is 9.99. The number of likely N-dealkylation sites (tertiary alicyclic amines) is 1. The minimum atomic E-state index is -0.476. The van der Waals surface area contributed by atoms with Crippen molar-refractivity contribution in [3.63, 3.8) is 0 Å². The van der Waals surface area contributed by atoms with Crippen LogP contribution in [0.15, 0.2) is 36.4 Å². The average molecular weight is 355 g/mol. The maximum atomic E-state index is 10.8. The molecule has 0 aliphatic carbocycles. The van der Waals surface area contributed by atoms with Gasteiger partial charge in [-0.05, 0) is 62.1 Å². The van der Waals surface area contributed by atoms with Gasteiger partial charge >= 0.3 is 0 Å². The van der Waals surface area contributed by atoms with Gasteiger partial charge in [0, 0.05) is 12.6 Å². The Morgan fingerprint density at radius 1 is 1.08 bits per heavy atom. The Morgan fingerprint density at radius 2 is 1.85 bits per heavy atom. The molecule has 26 heavy (non-hydrogen) atoms. The molecule has 1 fully saturated rings. The van der Waals surface area contributed by atoms with E-state index in [1.165, 1.54) is 11.1 Å². The first kappa shape index (κ1) is 18.7. The summed E-state index contributed by atoms with van der Waals surface area (Å²) in [6.45, 7) is 5.77. The van der Waals surface area contributed by atoms with Gasteiger partial charge in [0.2, 0.25) is 0 Å². The molecule has 2 atom stereocenters. The zero-order valence-corrected chi connectivity index (χ0v) is 16.2. The van der Waals surface area contributed by atoms with Crippen molar-refractivity contribution in [3.8, 4) is 11.5 Å². The minimum absolute atomic E-state index is 0.301. The van der Waals surface area contributed by atoms with Gasteiger partial charge in [-0.2, -0.15) is 0 Å². The van der Waals surface area contributed by atoms with E-state index < -0.39 is 6.10 Å². The number of ether oxygens (including phenoxy) is 2. The molecule has 0 radical (unpaired) electrons. The van der Waals surface area contributed by atoms with E-state index in [4.69, 9.17) is 9.47 Å². The summed E-state index contributed by atoms with van der Waals surface area (Å²) < 4.78 is 10.8. The molecule has 1 aliphatic rings. The van der Waals surface area contributed by atoms with Gasteiger partial charge in [0.1, 0.15) is 0 Å². The fraction of sp³-hybridized carbons (Fsp3) is 0.455. The molecule has 1 heterocycles. The van der Waals surface area contributed by atoms with Crippen LogP contribution in [0.4, 0.5) is 0 Å². The highest BCUT2D eigenvalue weighted by Gasteiger charge is 2.29. The van der Waals surface area contributed by atoms with Crippen LogP contribution < -0.4 is 9.47 Å². The number of aliphatic hydroxyl groups is 1. The Bertz CT molecular complexity index is 759. The predicted octanol–water partition coefficient (Wildman–Crippen LogP) is 4.19. The number of hydrogen-bond donors (Lipinski definition) is 1. The van der Waals surface area contributed by atoms with Gasteiger partial charge < -0.3 is 14.6 Å². The highest BCUT2D eigenvalue weighted by Crippen LogP contribution is 2.37. The largest absolute Gasteiger partial charge is 0.493 e. The van der Waals surface area contributed by atoms with Gasteiger partial charge in [0.25, 0.3) is 0 Å². The standard InChI is InChI=1S/C22H29NO3/c1-15-7-8-16(2)18(12-15)20(24)14-23-11-5-6-19(23)17-9-10-21(25-3)22(13-17)26-4/h7-10,12-13,19-20,24H,5-6,11,14H2,1-4H3/t19-,20+/m1/s1. The van der Waals surface area contributed by atoms with Crippen molar-refractivity contribution in [3.05, 3.63) is 58.7 Å². The first-order chi connectivity index (χ1) is 12.5. The van der Waals surface area contributed by atoms with Gasteiger partial charge in [-0.15, -0.1) is 0 Å². The fourth-order valence-electron chi connectivity index (χ4n) is 3.92. The number of aliphatic hydroxyl groups excluding tert-OH is 1. The highest BCUT2D eigenvalue weighted by molar-refractivity contribution is 5.44. The molecule has 2 aromatic carbocycles. The van der Waals surface area contributed by atoms with Gasteiger partial charge in [-0.1, -0.05) is 29.8 Å². The van der Waals surface area contributed by atoms with E-state index in [9.17, 15) is 5.11 Å². The fourth-order valence-corrected chi connectivity index (χ4v) is 3.92. The first-order valence-corrected chi connectivity index (χ1v) is 9.24. The van der Waals surface area contributed by atoms with Crippen LogP contribution in [-0.2, 0) is 0 Å². The molecular weight excluding hydrogens is 326 g/mol. The number of aryl methyl sites for hydroxylation is 2. The second-order valence-corrected chi connectivity index (χ2v) is 7.14. The number of β-amino-alcohol motifs (C(OH)–C–C–N with tert-alkyl or cyclic N) is 1. The number of benzene rings is 2. The summed E-state index contributed by atoms with van der Waals surface area (Å²) in [6, 6.07) is 12.7. The smallest absolute Gasteiger partial charge is 0.161 e. The molecule has 3 rings (SSSR count). The molecule has 0 amide bonds. The van der Waals surface area contributed by atoms with Crippen LogP contribution in [0.1, 0.15) is 47.2 Å². The molecule has 4 heteroatoms. The van der Waals surface area contributed by atoms with Crippen LogP contribution in [0.5, 0.6) is 11.5 Å². The van der Waals surface area contributed by atoms with E-state index in [1.807, 2.05) is 6.07 Å². The Hall–Kier alpha value is -2.04. The molecule has 1 N–H and O–H groups in total. The molecule has 2 aromatic rings. The lowest BCUT2D eigenvalue weighted by Gasteiger charge is -2.28. The second kappa shape index (κ2) is 8.11. The Labute approximate surface area is 156 Å². The molecule has 140 valence electrons. The molecule has 1 saturated heterocycles. The van der Waals surface area contributed by atoms with E-state index in [0.717, 1.165) is 42.0 Å². The summed E-state index contributed by atoms with van der Waals surface area (Å²) in [6.07, 6.45) is 1.75. The third-order valence-corrected chi connectivity index (χ3v) is 5.36. The van der Waals surface area contributed by atoms with E-state index >= 15 is 0 Å². The van der Waals surface area contributed by atoms with Crippen molar-refractivity contribution < 1.29 is 14.6 Å². The molecule has 0 unspecified atom stereocenters. The van der Waals surface area contributed by atoms with Gasteiger partial charge in [-0.25, -0.2) is 0 Å². The lowest BCUT2D eigenvalue weighted by Crippen LogP contribution is -2.28. The number of hydrogen-bond acceptors (Lipinski definition) is 4. The van der Waals surface area contributed by atoms with Gasteiger partial charge in [-0.3, -0.25) is 4.90 Å². The van der Waals surface area contributed by atoms with Gasteiger partial charge in [0.15, 0.2) is 11.5 Å². The van der Waals surface area contributed by atoms with E-state index in [1.54, 1.807) is 14.2 Å². The van der Waals surface area contributed by atoms with Crippen molar-refractivity contribution in [2.75, 3.05) is 27.3 Å². The average Bonchev–Trinajstić information content (AvgIpc) is 3.11. The lowest BCUT2D eigenvalue weighted by molar-refractivity contribution is 0.105.